The molecule has 0 saturated carbocycles. The number of ether oxygens (including phenoxy) is 2. The van der Waals surface area contributed by atoms with Crippen LogP contribution >= 0.6 is 11.6 Å². The number of rotatable bonds is 7. The highest BCUT2D eigenvalue weighted by Gasteiger charge is 2.40. The van der Waals surface area contributed by atoms with E-state index in [2.05, 4.69) is 11.9 Å². The number of carboxylic acid groups (broad SMARTS) is 2. The van der Waals surface area contributed by atoms with E-state index in [1.807, 2.05) is 43.3 Å². The zero-order chi connectivity index (χ0) is 25.5. The second-order valence-electron chi connectivity index (χ2n) is 8.70. The third-order valence-corrected chi connectivity index (χ3v) is 6.77. The van der Waals surface area contributed by atoms with E-state index in [1.165, 1.54) is 12.8 Å². The van der Waals surface area contributed by atoms with Gasteiger partial charge in [-0.15, -0.1) is 0 Å². The fourth-order valence-corrected chi connectivity index (χ4v) is 4.86. The van der Waals surface area contributed by atoms with Crippen molar-refractivity contribution in [3.63, 3.8) is 0 Å². The van der Waals surface area contributed by atoms with Crippen LogP contribution in [0.2, 0.25) is 5.02 Å². The Morgan fingerprint density at radius 1 is 1.03 bits per heavy atom. The van der Waals surface area contributed by atoms with Crippen molar-refractivity contribution in [2.24, 2.45) is 0 Å². The molecule has 2 heterocycles. The topological polar surface area (TPSA) is 113 Å². The second-order valence-corrected chi connectivity index (χ2v) is 9.10. The number of carbonyl (C=O) groups is 3. The number of nitrogens with zero attached hydrogens (tertiary/aromatic N) is 1. The molecule has 2 aromatic carbocycles. The van der Waals surface area contributed by atoms with Gasteiger partial charge >= 0.3 is 17.9 Å². The Morgan fingerprint density at radius 3 is 2.14 bits per heavy atom. The lowest BCUT2D eigenvalue weighted by Gasteiger charge is -2.36. The number of benzene rings is 2. The molecule has 3 unspecified atom stereocenters. The first kappa shape index (κ1) is 26.5. The van der Waals surface area contributed by atoms with E-state index in [9.17, 15) is 14.4 Å². The molecule has 9 heteroatoms. The molecular formula is C26H30ClNO7. The summed E-state index contributed by atoms with van der Waals surface area (Å²) in [6, 6.07) is 12.5. The molecule has 35 heavy (non-hydrogen) atoms. The number of esters is 1. The molecule has 4 rings (SSSR count). The quantitative estimate of drug-likeness (QED) is 0.418. The summed E-state index contributed by atoms with van der Waals surface area (Å²) in [5.41, 5.74) is 0. The first-order valence-electron chi connectivity index (χ1n) is 11.6. The van der Waals surface area contributed by atoms with E-state index in [4.69, 9.17) is 31.3 Å². The van der Waals surface area contributed by atoms with Gasteiger partial charge in [0.25, 0.3) is 0 Å². The van der Waals surface area contributed by atoms with Gasteiger partial charge in [-0.3, -0.25) is 0 Å². The first-order chi connectivity index (χ1) is 16.7. The Labute approximate surface area is 209 Å². The molecule has 0 radical (unpaired) electrons. The predicted molar refractivity (Wildman–Crippen MR) is 132 cm³/mol. The van der Waals surface area contributed by atoms with E-state index in [-0.39, 0.29) is 12.1 Å². The van der Waals surface area contributed by atoms with Crippen LogP contribution in [0.4, 0.5) is 0 Å². The first-order valence-corrected chi connectivity index (χ1v) is 12.0. The molecule has 0 aromatic heterocycles. The third kappa shape index (κ3) is 6.96. The zero-order valence-corrected chi connectivity index (χ0v) is 20.5. The van der Waals surface area contributed by atoms with Crippen LogP contribution in [0.25, 0.3) is 10.8 Å². The average molecular weight is 504 g/mol. The van der Waals surface area contributed by atoms with Crippen molar-refractivity contribution >= 4 is 40.3 Å². The molecule has 2 fully saturated rings. The van der Waals surface area contributed by atoms with Gasteiger partial charge < -0.3 is 24.6 Å². The van der Waals surface area contributed by atoms with E-state index < -0.39 is 18.0 Å². The van der Waals surface area contributed by atoms with Gasteiger partial charge in [0, 0.05) is 40.0 Å². The maximum Gasteiger partial charge on any atom is 0.347 e. The molecule has 0 aliphatic carbocycles. The van der Waals surface area contributed by atoms with Gasteiger partial charge in [-0.2, -0.15) is 0 Å². The van der Waals surface area contributed by atoms with Crippen LogP contribution in [0, 0.1) is 0 Å². The largest absolute Gasteiger partial charge is 0.478 e. The van der Waals surface area contributed by atoms with E-state index in [1.54, 1.807) is 0 Å². The van der Waals surface area contributed by atoms with E-state index in [0.717, 1.165) is 23.6 Å². The minimum atomic E-state index is -1.26. The van der Waals surface area contributed by atoms with Crippen LogP contribution in [-0.2, 0) is 19.1 Å². The monoisotopic (exact) mass is 503 g/mol. The van der Waals surface area contributed by atoms with Crippen LogP contribution in [0.1, 0.15) is 39.0 Å². The molecule has 2 N–H and O–H groups in total. The number of fused-ring (bicyclic) bond motifs is 3. The number of halogens is 1. The normalized spacial score (nSPS) is 22.3. The van der Waals surface area contributed by atoms with Crippen molar-refractivity contribution in [2.75, 3.05) is 7.05 Å². The SMILES string of the molecule is CCC(Oc1ccc(Cl)c2ccccc12)C(=O)OC1CC2CCC(C1)N2C.O=C(O)/C=C\C(=O)O. The summed E-state index contributed by atoms with van der Waals surface area (Å²) in [6.45, 7) is 1.95. The summed E-state index contributed by atoms with van der Waals surface area (Å²) in [4.78, 5) is 34.3. The maximum absolute atomic E-state index is 12.8. The molecule has 3 atom stereocenters. The summed E-state index contributed by atoms with van der Waals surface area (Å²) in [5.74, 6) is -2.10. The van der Waals surface area contributed by atoms with E-state index >= 15 is 0 Å². The predicted octanol–water partition coefficient (Wildman–Crippen LogP) is 4.53. The van der Waals surface area contributed by atoms with Gasteiger partial charge in [0.2, 0.25) is 0 Å². The van der Waals surface area contributed by atoms with Crippen LogP contribution in [-0.4, -0.2) is 64.4 Å². The number of aliphatic carboxylic acids is 2. The lowest BCUT2D eigenvalue weighted by atomic mass is 10.0. The summed E-state index contributed by atoms with van der Waals surface area (Å²) in [6.07, 6.45) is 5.36. The zero-order valence-electron chi connectivity index (χ0n) is 19.7. The number of piperidine rings is 1. The highest BCUT2D eigenvalue weighted by molar-refractivity contribution is 6.35. The average Bonchev–Trinajstić information content (AvgIpc) is 3.03. The van der Waals surface area contributed by atoms with Crippen LogP contribution in [0.15, 0.2) is 48.6 Å². The number of carbonyl (C=O) groups excluding carboxylic acids is 1. The Morgan fingerprint density at radius 2 is 1.60 bits per heavy atom. The van der Waals surface area contributed by atoms with Crippen molar-refractivity contribution in [1.29, 1.82) is 0 Å². The lowest BCUT2D eigenvalue weighted by Crippen LogP contribution is -2.44. The third-order valence-electron chi connectivity index (χ3n) is 6.44. The van der Waals surface area contributed by atoms with Crippen LogP contribution < -0.4 is 4.74 Å². The van der Waals surface area contributed by atoms with Gasteiger partial charge in [0.15, 0.2) is 6.10 Å². The fraction of sp³-hybridized carbons (Fsp3) is 0.423. The van der Waals surface area contributed by atoms with Gasteiger partial charge in [-0.25, -0.2) is 14.4 Å². The Bertz CT molecular complexity index is 1070. The Hall–Kier alpha value is -3.10. The van der Waals surface area contributed by atoms with E-state index in [0.29, 0.717) is 41.4 Å². The van der Waals surface area contributed by atoms with Crippen molar-refractivity contribution in [3.05, 3.63) is 53.6 Å². The molecule has 8 nitrogen and oxygen atoms in total. The van der Waals surface area contributed by atoms with Gasteiger partial charge in [0.1, 0.15) is 11.9 Å². The molecule has 0 spiro atoms. The second kappa shape index (κ2) is 12.0. The van der Waals surface area contributed by atoms with Crippen LogP contribution in [0.3, 0.4) is 0 Å². The highest BCUT2D eigenvalue weighted by atomic mass is 35.5. The maximum atomic E-state index is 12.8. The lowest BCUT2D eigenvalue weighted by molar-refractivity contribution is -0.161. The molecule has 2 aliphatic rings. The molecule has 0 amide bonds. The van der Waals surface area contributed by atoms with Gasteiger partial charge in [-0.1, -0.05) is 42.8 Å². The Kier molecular flexibility index (Phi) is 9.12. The van der Waals surface area contributed by atoms with Crippen molar-refractivity contribution < 1.29 is 34.1 Å². The standard InChI is InChI=1S/C22H26ClNO3.C4H4O4/c1-3-20(22(25)26-16-12-14-8-9-15(13-16)24(14)2)27-21-11-10-19(23)17-6-4-5-7-18(17)21;5-3(6)1-2-4(7)8/h4-7,10-11,14-16,20H,3,8-9,12-13H2,1-2H3;1-2H,(H,5,6)(H,7,8)/b;2-1-. The summed E-state index contributed by atoms with van der Waals surface area (Å²) in [5, 5.41) is 18.1. The minimum absolute atomic E-state index is 0.00538. The molecule has 2 aromatic rings. The summed E-state index contributed by atoms with van der Waals surface area (Å²) >= 11 is 6.28. The smallest absolute Gasteiger partial charge is 0.347 e. The Balaban J connectivity index is 0.000000371. The number of carboxylic acids is 2. The van der Waals surface area contributed by atoms with Crippen molar-refractivity contribution in [3.8, 4) is 5.75 Å². The summed E-state index contributed by atoms with van der Waals surface area (Å²) in [7, 11) is 2.18. The fourth-order valence-electron chi connectivity index (χ4n) is 4.63. The number of hydrogen-bond acceptors (Lipinski definition) is 6. The van der Waals surface area contributed by atoms with Crippen molar-refractivity contribution in [1.82, 2.24) is 4.90 Å². The molecule has 2 aliphatic heterocycles. The number of hydrogen-bond donors (Lipinski definition) is 2. The van der Waals surface area contributed by atoms with Crippen molar-refractivity contribution in [2.45, 2.75) is 63.3 Å². The summed E-state index contributed by atoms with van der Waals surface area (Å²) < 4.78 is 11.9. The molecule has 2 saturated heterocycles. The molecule has 2 bridgehead atoms. The highest BCUT2D eigenvalue weighted by Crippen LogP contribution is 2.36. The molecular weight excluding hydrogens is 474 g/mol. The minimum Gasteiger partial charge on any atom is -0.478 e. The van der Waals surface area contributed by atoms with Gasteiger partial charge in [0.05, 0.1) is 0 Å². The van der Waals surface area contributed by atoms with Crippen LogP contribution in [0.5, 0.6) is 5.75 Å². The molecule has 188 valence electrons. The van der Waals surface area contributed by atoms with Gasteiger partial charge in [-0.05, 0) is 51.3 Å².